The van der Waals surface area contributed by atoms with Gasteiger partial charge in [0, 0.05) is 43.6 Å². The van der Waals surface area contributed by atoms with Crippen LogP contribution in [0.5, 0.6) is 0 Å². The van der Waals surface area contributed by atoms with Gasteiger partial charge in [0.2, 0.25) is 0 Å². The number of rotatable bonds is 7. The van der Waals surface area contributed by atoms with Crippen LogP contribution in [0.4, 0.5) is 0 Å². The van der Waals surface area contributed by atoms with Gasteiger partial charge in [-0.1, -0.05) is 135 Å². The lowest BCUT2D eigenvalue weighted by Crippen LogP contribution is -2.20. The van der Waals surface area contributed by atoms with Crippen molar-refractivity contribution in [2.24, 2.45) is 0 Å². The van der Waals surface area contributed by atoms with Gasteiger partial charge in [0.25, 0.3) is 0 Å². The molecule has 0 saturated heterocycles. The van der Waals surface area contributed by atoms with Gasteiger partial charge < -0.3 is 8.98 Å². The Morgan fingerprint density at radius 2 is 1.25 bits per heavy atom. The van der Waals surface area contributed by atoms with Crippen molar-refractivity contribution in [1.29, 1.82) is 0 Å². The summed E-state index contributed by atoms with van der Waals surface area (Å²) >= 11 is 0. The highest BCUT2D eigenvalue weighted by Crippen LogP contribution is 2.40. The third kappa shape index (κ3) is 6.16. The Balaban J connectivity index is 1.30. The van der Waals surface area contributed by atoms with E-state index in [-0.39, 0.29) is 5.41 Å². The minimum atomic E-state index is -0.193. The van der Waals surface area contributed by atoms with E-state index in [0.717, 1.165) is 55.3 Å². The lowest BCUT2D eigenvalue weighted by atomic mass is 9.76. The van der Waals surface area contributed by atoms with Gasteiger partial charge >= 0.3 is 0 Å². The van der Waals surface area contributed by atoms with Crippen LogP contribution in [0.3, 0.4) is 0 Å². The smallest absolute Gasteiger partial charge is 0.153 e. The van der Waals surface area contributed by atoms with Gasteiger partial charge in [0.05, 0.1) is 22.4 Å². The van der Waals surface area contributed by atoms with Crippen molar-refractivity contribution < 1.29 is 4.42 Å². The molecule has 0 aliphatic rings. The first-order valence-corrected chi connectivity index (χ1v) is 18.9. The monoisotopic (exact) mass is 711 g/mol. The lowest BCUT2D eigenvalue weighted by Gasteiger charge is -2.28. The summed E-state index contributed by atoms with van der Waals surface area (Å²) in [6, 6.07) is 53.4. The fourth-order valence-corrected chi connectivity index (χ4v) is 7.98. The number of furan rings is 1. The molecular formula is C51H41N3O. The summed E-state index contributed by atoms with van der Waals surface area (Å²) in [5.74, 6) is 0.614. The van der Waals surface area contributed by atoms with E-state index in [9.17, 15) is 0 Å². The highest BCUT2D eigenvalue weighted by molar-refractivity contribution is 6.10. The molecule has 3 aromatic heterocycles. The molecule has 0 saturated carbocycles. The van der Waals surface area contributed by atoms with Crippen LogP contribution >= 0.6 is 0 Å². The van der Waals surface area contributed by atoms with Crippen LogP contribution in [-0.2, 0) is 5.41 Å². The van der Waals surface area contributed by atoms with Crippen LogP contribution in [0.25, 0.3) is 73.1 Å². The Kier molecular flexibility index (Phi) is 8.59. The molecule has 0 atom stereocenters. The molecule has 266 valence electrons. The molecule has 0 spiro atoms. The molecule has 0 aliphatic carbocycles. The zero-order valence-electron chi connectivity index (χ0n) is 31.5. The zero-order valence-corrected chi connectivity index (χ0v) is 31.5. The van der Waals surface area contributed by atoms with Crippen LogP contribution in [0.1, 0.15) is 43.3 Å². The summed E-state index contributed by atoms with van der Waals surface area (Å²) in [4.78, 5) is 10.2. The molecular weight excluding hydrogens is 671 g/mol. The van der Waals surface area contributed by atoms with Crippen LogP contribution in [-0.4, -0.2) is 14.5 Å². The van der Waals surface area contributed by atoms with E-state index < -0.39 is 0 Å². The van der Waals surface area contributed by atoms with Crippen molar-refractivity contribution in [1.82, 2.24) is 14.5 Å². The first-order valence-electron chi connectivity index (χ1n) is 18.9. The standard InChI is InChI=1S/C51H41N3O/c1-5-6-26-48-42(31-50-52-44(35-18-10-7-11-19-35)33-45(53-50)36-20-12-8-13-21-36)41-30-38(27-28-49(41)55-48)54-46-25-17-16-24-39(46)40-29-34(2)43(32-47(40)54)51(3,4)37-22-14-9-15-23-37/h5-33H,1-4H3/b6-5-,42-31?,48-26+. The van der Waals surface area contributed by atoms with Crippen LogP contribution < -0.4 is 10.6 Å². The second-order valence-electron chi connectivity index (χ2n) is 14.7. The molecule has 0 aliphatic heterocycles. The minimum absolute atomic E-state index is 0.193. The number of benzene rings is 6. The summed E-state index contributed by atoms with van der Waals surface area (Å²) in [5.41, 5.74) is 12.4. The summed E-state index contributed by atoms with van der Waals surface area (Å²) in [6.07, 6.45) is 8.11. The van der Waals surface area contributed by atoms with Gasteiger partial charge in [-0.3, -0.25) is 0 Å². The number of hydrogen-bond donors (Lipinski definition) is 0. The number of allylic oxidation sites excluding steroid dienone is 2. The van der Waals surface area contributed by atoms with E-state index in [0.29, 0.717) is 5.82 Å². The number of aryl methyl sites for hydroxylation is 1. The molecule has 6 aromatic carbocycles. The van der Waals surface area contributed by atoms with Crippen molar-refractivity contribution in [3.63, 3.8) is 0 Å². The molecule has 0 radical (unpaired) electrons. The number of hydrogen-bond acceptors (Lipinski definition) is 3. The molecule has 0 unspecified atom stereocenters. The van der Waals surface area contributed by atoms with Gasteiger partial charge in [-0.25, -0.2) is 9.97 Å². The number of aromatic nitrogens is 3. The lowest BCUT2D eigenvalue weighted by molar-refractivity contribution is 0.575. The highest BCUT2D eigenvalue weighted by Gasteiger charge is 2.27. The Morgan fingerprint density at radius 1 is 0.618 bits per heavy atom. The minimum Gasteiger partial charge on any atom is -0.456 e. The Hall–Kier alpha value is -6.78. The maximum absolute atomic E-state index is 6.58. The van der Waals surface area contributed by atoms with Crippen molar-refractivity contribution in [3.05, 3.63) is 197 Å². The number of para-hydroxylation sites is 1. The molecule has 0 fully saturated rings. The predicted octanol–water partition coefficient (Wildman–Crippen LogP) is 11.5. The molecule has 0 amide bonds. The molecule has 3 heterocycles. The highest BCUT2D eigenvalue weighted by atomic mass is 16.3. The van der Waals surface area contributed by atoms with E-state index in [1.54, 1.807) is 0 Å². The fraction of sp³-hybridized carbons (Fsp3) is 0.0980. The summed E-state index contributed by atoms with van der Waals surface area (Å²) in [7, 11) is 0. The second kappa shape index (κ2) is 13.9. The average molecular weight is 712 g/mol. The first-order chi connectivity index (χ1) is 26.9. The topological polar surface area (TPSA) is 43.9 Å². The van der Waals surface area contributed by atoms with Crippen LogP contribution in [0.2, 0.25) is 0 Å². The van der Waals surface area contributed by atoms with E-state index in [1.807, 2.05) is 61.5 Å². The maximum Gasteiger partial charge on any atom is 0.153 e. The molecule has 9 rings (SSSR count). The van der Waals surface area contributed by atoms with Gasteiger partial charge in [-0.15, -0.1) is 0 Å². The number of nitrogens with zero attached hydrogens (tertiary/aromatic N) is 3. The molecule has 0 bridgehead atoms. The quantitative estimate of drug-likeness (QED) is 0.165. The normalized spacial score (nSPS) is 12.9. The maximum atomic E-state index is 6.58. The summed E-state index contributed by atoms with van der Waals surface area (Å²) in [6.45, 7) is 8.90. The molecule has 4 heteroatoms. The molecule has 9 aromatic rings. The third-order valence-electron chi connectivity index (χ3n) is 10.8. The van der Waals surface area contributed by atoms with E-state index in [1.165, 1.54) is 33.0 Å². The predicted molar refractivity (Wildman–Crippen MR) is 229 cm³/mol. The van der Waals surface area contributed by atoms with Crippen LogP contribution in [0.15, 0.2) is 168 Å². The average Bonchev–Trinajstić information content (AvgIpc) is 3.74. The van der Waals surface area contributed by atoms with E-state index >= 15 is 0 Å². The van der Waals surface area contributed by atoms with E-state index in [4.69, 9.17) is 14.4 Å². The van der Waals surface area contributed by atoms with Crippen molar-refractivity contribution in [2.45, 2.75) is 33.1 Å². The van der Waals surface area contributed by atoms with Crippen molar-refractivity contribution >= 4 is 44.9 Å². The Morgan fingerprint density at radius 3 is 1.93 bits per heavy atom. The fourth-order valence-electron chi connectivity index (χ4n) is 7.98. The van der Waals surface area contributed by atoms with Gasteiger partial charge in [0.1, 0.15) is 11.0 Å². The van der Waals surface area contributed by atoms with E-state index in [2.05, 4.69) is 147 Å². The summed E-state index contributed by atoms with van der Waals surface area (Å²) in [5, 5.41) is 4.39. The second-order valence-corrected chi connectivity index (χ2v) is 14.7. The van der Waals surface area contributed by atoms with Gasteiger partial charge in [-0.2, -0.15) is 0 Å². The molecule has 4 nitrogen and oxygen atoms in total. The zero-order chi connectivity index (χ0) is 37.5. The van der Waals surface area contributed by atoms with Gasteiger partial charge in [0.15, 0.2) is 5.82 Å². The largest absolute Gasteiger partial charge is 0.456 e. The summed E-state index contributed by atoms with van der Waals surface area (Å²) < 4.78 is 8.98. The molecule has 55 heavy (non-hydrogen) atoms. The SMILES string of the molecule is C/C=C\C=c1\oc2ccc(-n3c4ccccc4c4cc(C)c(C(C)(C)c5ccccc5)cc43)cc2c1=Cc1nc(-c2ccccc2)cc(-c2ccccc2)n1. The first kappa shape index (κ1) is 34.0. The number of fused-ring (bicyclic) bond motifs is 4. The van der Waals surface area contributed by atoms with Crippen LogP contribution in [0, 0.1) is 6.92 Å². The third-order valence-corrected chi connectivity index (χ3v) is 10.8. The van der Waals surface area contributed by atoms with Crippen molar-refractivity contribution in [3.8, 4) is 28.2 Å². The Bertz CT molecular complexity index is 2950. The Labute approximate surface area is 321 Å². The van der Waals surface area contributed by atoms with Crippen molar-refractivity contribution in [2.75, 3.05) is 0 Å². The molecule has 0 N–H and O–H groups in total. The van der Waals surface area contributed by atoms with Gasteiger partial charge in [-0.05, 0) is 85.2 Å².